The first-order valence-corrected chi connectivity index (χ1v) is 14.0. The number of hydrogen-bond acceptors (Lipinski definition) is 8. The number of carbonyl (C=O) groups excluding carboxylic acids is 1. The number of amides is 1. The molecule has 1 amide bonds. The second-order valence-electron chi connectivity index (χ2n) is 10.7. The van der Waals surface area contributed by atoms with Gasteiger partial charge in [0.05, 0.1) is 11.9 Å². The van der Waals surface area contributed by atoms with Gasteiger partial charge in [-0.25, -0.2) is 9.97 Å². The molecular weight excluding hydrogens is 573 g/mol. The largest absolute Gasteiger partial charge is 0.437 e. The highest BCUT2D eigenvalue weighted by Crippen LogP contribution is 2.33. The third-order valence-corrected chi connectivity index (χ3v) is 7.42. The molecule has 0 radical (unpaired) electrons. The molecule has 0 unspecified atom stereocenters. The number of imidazole rings is 1. The number of aromatic amines is 1. The number of halogens is 3. The number of carbonyl (C=O) groups is 1. The average molecular weight is 603 g/mol. The van der Waals surface area contributed by atoms with Crippen LogP contribution in [0.3, 0.4) is 0 Å². The Morgan fingerprint density at radius 1 is 1.07 bits per heavy atom. The fourth-order valence-corrected chi connectivity index (χ4v) is 5.01. The summed E-state index contributed by atoms with van der Waals surface area (Å²) >= 11 is 0. The van der Waals surface area contributed by atoms with Crippen molar-refractivity contribution >= 4 is 22.8 Å². The molecule has 10 nitrogen and oxygen atoms in total. The van der Waals surface area contributed by atoms with Gasteiger partial charge < -0.3 is 19.9 Å². The Labute approximate surface area is 250 Å². The first-order chi connectivity index (χ1) is 21.1. The highest BCUT2D eigenvalue weighted by Gasteiger charge is 2.32. The maximum absolute atomic E-state index is 13.8. The molecule has 2 N–H and O–H groups in total. The Morgan fingerprint density at radius 2 is 1.89 bits per heavy atom. The molecule has 13 heteroatoms. The van der Waals surface area contributed by atoms with Gasteiger partial charge >= 0.3 is 6.18 Å². The molecule has 1 saturated heterocycles. The van der Waals surface area contributed by atoms with E-state index in [4.69, 9.17) is 4.74 Å². The van der Waals surface area contributed by atoms with Crippen molar-refractivity contribution in [1.29, 1.82) is 0 Å². The highest BCUT2D eigenvalue weighted by molar-refractivity contribution is 6.05. The van der Waals surface area contributed by atoms with Crippen molar-refractivity contribution in [2.75, 3.05) is 38.5 Å². The number of likely N-dealkylation sites (N-methyl/N-ethyl adjacent to an activating group) is 1. The van der Waals surface area contributed by atoms with Crippen LogP contribution in [-0.2, 0) is 12.7 Å². The van der Waals surface area contributed by atoms with Gasteiger partial charge in [-0.15, -0.1) is 0 Å². The number of aromatic nitrogens is 5. The van der Waals surface area contributed by atoms with E-state index in [1.807, 2.05) is 13.1 Å². The molecule has 0 atom stereocenters. The van der Waals surface area contributed by atoms with Gasteiger partial charge in [0.25, 0.3) is 5.91 Å². The molecule has 44 heavy (non-hydrogen) atoms. The molecular formula is C31H29F3N8O2. The van der Waals surface area contributed by atoms with Crippen molar-refractivity contribution in [3.05, 3.63) is 89.5 Å². The smallest absolute Gasteiger partial charge is 0.416 e. The highest BCUT2D eigenvalue weighted by atomic mass is 19.4. The third-order valence-electron chi connectivity index (χ3n) is 7.42. The number of fused-ring (bicyclic) bond motifs is 1. The van der Waals surface area contributed by atoms with Gasteiger partial charge in [0.1, 0.15) is 11.3 Å². The van der Waals surface area contributed by atoms with E-state index in [2.05, 4.69) is 40.0 Å². The third kappa shape index (κ3) is 6.53. The Morgan fingerprint density at radius 3 is 2.64 bits per heavy atom. The van der Waals surface area contributed by atoms with E-state index in [-0.39, 0.29) is 17.1 Å². The summed E-state index contributed by atoms with van der Waals surface area (Å²) in [6, 6.07) is 12.2. The van der Waals surface area contributed by atoms with Gasteiger partial charge in [0.15, 0.2) is 11.5 Å². The Hall–Kier alpha value is -4.88. The van der Waals surface area contributed by atoms with Crippen molar-refractivity contribution in [2.24, 2.45) is 0 Å². The normalized spacial score (nSPS) is 14.6. The van der Waals surface area contributed by atoms with Gasteiger partial charge in [-0.1, -0.05) is 6.07 Å². The van der Waals surface area contributed by atoms with Crippen LogP contribution in [0.15, 0.2) is 67.3 Å². The summed E-state index contributed by atoms with van der Waals surface area (Å²) in [7, 11) is 2.02. The number of anilines is 1. The molecule has 226 valence electrons. The number of H-pyrrole nitrogens is 1. The van der Waals surface area contributed by atoms with Gasteiger partial charge in [-0.2, -0.15) is 18.2 Å². The lowest BCUT2D eigenvalue weighted by molar-refractivity contribution is -0.137. The average Bonchev–Trinajstić information content (AvgIpc) is 3.48. The summed E-state index contributed by atoms with van der Waals surface area (Å²) < 4.78 is 47.6. The molecule has 0 aliphatic carbocycles. The van der Waals surface area contributed by atoms with Crippen LogP contribution >= 0.6 is 0 Å². The maximum Gasteiger partial charge on any atom is 0.416 e. The number of ether oxygens (including phenoxy) is 1. The van der Waals surface area contributed by atoms with Crippen LogP contribution in [0, 0.1) is 6.92 Å². The van der Waals surface area contributed by atoms with E-state index >= 15 is 0 Å². The Bertz CT molecular complexity index is 1800. The van der Waals surface area contributed by atoms with E-state index in [1.54, 1.807) is 43.6 Å². The summed E-state index contributed by atoms with van der Waals surface area (Å²) in [6.07, 6.45) is 0.169. The summed E-state index contributed by atoms with van der Waals surface area (Å²) in [6.45, 7) is 5.27. The van der Waals surface area contributed by atoms with Crippen LogP contribution in [0.1, 0.15) is 27.0 Å². The second-order valence-corrected chi connectivity index (χ2v) is 10.7. The first kappa shape index (κ1) is 29.2. The van der Waals surface area contributed by atoms with E-state index in [9.17, 15) is 18.0 Å². The topological polar surface area (TPSA) is 112 Å². The number of alkyl halides is 3. The van der Waals surface area contributed by atoms with Crippen LogP contribution in [0.2, 0.25) is 0 Å². The standard InChI is InChI=1S/C31H29F3N8O2/c1-19-5-6-24(44-30-26-28(37-18-36-26)39-27(40-30)21-4-3-7-35-16-21)15-25(19)29(43)38-23-13-20(12-22(14-23)31(32,33)34)17-42-10-8-41(2)9-11-42/h3-7,12-16,18H,8-11,17H2,1-2H3,(H,38,43)(H,36,37,39,40). The number of nitrogens with zero attached hydrogens (tertiary/aromatic N) is 6. The zero-order valence-electron chi connectivity index (χ0n) is 24.0. The molecule has 4 heterocycles. The van der Waals surface area contributed by atoms with E-state index < -0.39 is 17.6 Å². The lowest BCUT2D eigenvalue weighted by atomic mass is 10.1. The fraction of sp³-hybridized carbons (Fsp3) is 0.258. The molecule has 2 aromatic carbocycles. The molecule has 1 aliphatic heterocycles. The lowest BCUT2D eigenvalue weighted by Gasteiger charge is -2.32. The van der Waals surface area contributed by atoms with E-state index in [0.717, 1.165) is 38.3 Å². The predicted molar refractivity (Wildman–Crippen MR) is 158 cm³/mol. The number of hydrogen-bond donors (Lipinski definition) is 2. The SMILES string of the molecule is Cc1ccc(Oc2nc(-c3cccnc3)nc3nc[nH]c23)cc1C(=O)Nc1cc(CN2CCN(C)CC2)cc(C(F)(F)F)c1. The number of piperazine rings is 1. The zero-order chi connectivity index (χ0) is 30.8. The van der Waals surface area contributed by atoms with Crippen molar-refractivity contribution in [3.63, 3.8) is 0 Å². The number of rotatable bonds is 7. The van der Waals surface area contributed by atoms with E-state index in [0.29, 0.717) is 46.0 Å². The molecule has 5 aromatic rings. The molecule has 3 aromatic heterocycles. The van der Waals surface area contributed by atoms with Crippen LogP contribution < -0.4 is 10.1 Å². The minimum atomic E-state index is -4.56. The van der Waals surface area contributed by atoms with Gasteiger partial charge in [-0.3, -0.25) is 14.7 Å². The molecule has 1 fully saturated rings. The van der Waals surface area contributed by atoms with Crippen LogP contribution in [-0.4, -0.2) is 73.9 Å². The second kappa shape index (κ2) is 12.0. The van der Waals surface area contributed by atoms with Crippen LogP contribution in [0.5, 0.6) is 11.6 Å². The summed E-state index contributed by atoms with van der Waals surface area (Å²) in [5, 5.41) is 2.67. The summed E-state index contributed by atoms with van der Waals surface area (Å²) in [4.78, 5) is 38.0. The summed E-state index contributed by atoms with van der Waals surface area (Å²) in [5.41, 5.74) is 2.09. The first-order valence-electron chi connectivity index (χ1n) is 14.0. The zero-order valence-corrected chi connectivity index (χ0v) is 24.0. The number of benzene rings is 2. The van der Waals surface area contributed by atoms with Crippen molar-refractivity contribution in [2.45, 2.75) is 19.6 Å². The molecule has 6 rings (SSSR count). The van der Waals surface area contributed by atoms with Crippen molar-refractivity contribution in [3.8, 4) is 23.0 Å². The van der Waals surface area contributed by atoms with Crippen molar-refractivity contribution < 1.29 is 22.7 Å². The molecule has 0 spiro atoms. The maximum atomic E-state index is 13.8. The van der Waals surface area contributed by atoms with Gasteiger partial charge in [0, 0.05) is 61.9 Å². The minimum absolute atomic E-state index is 0.0655. The van der Waals surface area contributed by atoms with Gasteiger partial charge in [0.2, 0.25) is 5.88 Å². The summed E-state index contributed by atoms with van der Waals surface area (Å²) in [5.74, 6) is 0.276. The number of nitrogens with one attached hydrogen (secondary N) is 2. The monoisotopic (exact) mass is 602 g/mol. The molecule has 1 aliphatic rings. The molecule has 0 saturated carbocycles. The quantitative estimate of drug-likeness (QED) is 0.250. The number of aryl methyl sites for hydroxylation is 1. The Kier molecular flexibility index (Phi) is 7.97. The lowest BCUT2D eigenvalue weighted by Crippen LogP contribution is -2.43. The van der Waals surface area contributed by atoms with Gasteiger partial charge in [-0.05, 0) is 67.6 Å². The molecule has 0 bridgehead atoms. The minimum Gasteiger partial charge on any atom is -0.437 e. The van der Waals surface area contributed by atoms with E-state index in [1.165, 1.54) is 12.4 Å². The van der Waals surface area contributed by atoms with Crippen LogP contribution in [0.4, 0.5) is 18.9 Å². The Balaban J connectivity index is 1.26. The fourth-order valence-electron chi connectivity index (χ4n) is 5.01. The van der Waals surface area contributed by atoms with Crippen LogP contribution in [0.25, 0.3) is 22.6 Å². The van der Waals surface area contributed by atoms with Crippen molar-refractivity contribution in [1.82, 2.24) is 34.7 Å². The number of pyridine rings is 1. The predicted octanol–water partition coefficient (Wildman–Crippen LogP) is 5.53.